The molecule has 3 rings (SSSR count). The Balaban J connectivity index is 2.06. The van der Waals surface area contributed by atoms with E-state index in [0.29, 0.717) is 12.3 Å². The first kappa shape index (κ1) is 18.5. The summed E-state index contributed by atoms with van der Waals surface area (Å²) in [5.74, 6) is -0.312. The molecule has 1 unspecified atom stereocenters. The van der Waals surface area contributed by atoms with Crippen LogP contribution in [0.5, 0.6) is 0 Å². The molecule has 1 N–H and O–H groups in total. The van der Waals surface area contributed by atoms with Crippen molar-refractivity contribution in [3.05, 3.63) is 64.1 Å². The van der Waals surface area contributed by atoms with E-state index in [-0.39, 0.29) is 22.1 Å². The Morgan fingerprint density at radius 2 is 1.50 bits per heavy atom. The molecule has 3 aromatic rings. The van der Waals surface area contributed by atoms with Crippen molar-refractivity contribution in [3.63, 3.8) is 0 Å². The van der Waals surface area contributed by atoms with E-state index in [9.17, 15) is 31.4 Å². The number of pyridine rings is 1. The average molecular weight is 396 g/mol. The largest absolute Gasteiger partial charge is 0.417 e. The maximum atomic E-state index is 12.9. The van der Waals surface area contributed by atoms with Crippen LogP contribution in [0.4, 0.5) is 26.3 Å². The number of aliphatic hydroxyl groups excluding tert-OH is 1. The second kappa shape index (κ2) is 6.13. The number of nitrogens with zero attached hydrogens (tertiary/aromatic N) is 3. The zero-order valence-corrected chi connectivity index (χ0v) is 13.2. The van der Waals surface area contributed by atoms with Crippen LogP contribution in [-0.4, -0.2) is 19.7 Å². The average Bonchev–Trinajstić information content (AvgIpc) is 2.97. The molecule has 2 heterocycles. The van der Waals surface area contributed by atoms with Crippen molar-refractivity contribution in [1.29, 1.82) is 0 Å². The standard InChI is InChI=1S/C15H8ClF6N3O/c16-10-5-9(15(20,21)22)6-25-12(10)23-24-13(25)11(26)7-1-3-8(4-2-7)14(17,18)19/h1-6,11,26H. The zero-order chi connectivity index (χ0) is 19.3. The maximum Gasteiger partial charge on any atom is 0.417 e. The van der Waals surface area contributed by atoms with Gasteiger partial charge in [0.05, 0.1) is 16.1 Å². The highest BCUT2D eigenvalue weighted by Crippen LogP contribution is 2.34. The van der Waals surface area contributed by atoms with E-state index in [0.717, 1.165) is 28.7 Å². The third kappa shape index (κ3) is 3.34. The third-order valence-corrected chi connectivity index (χ3v) is 3.89. The lowest BCUT2D eigenvalue weighted by Gasteiger charge is -2.13. The summed E-state index contributed by atoms with van der Waals surface area (Å²) in [6, 6.07) is 4.17. The SMILES string of the molecule is OC(c1ccc(C(F)(F)F)cc1)c1nnc2c(Cl)cc(C(F)(F)F)cn12. The van der Waals surface area contributed by atoms with Crippen LogP contribution in [0.25, 0.3) is 5.65 Å². The normalized spacial score (nSPS) is 14.0. The Labute approximate surface area is 146 Å². The van der Waals surface area contributed by atoms with Crippen molar-refractivity contribution >= 4 is 17.2 Å². The van der Waals surface area contributed by atoms with Crippen molar-refractivity contribution in [2.75, 3.05) is 0 Å². The first-order valence-electron chi connectivity index (χ1n) is 6.95. The van der Waals surface area contributed by atoms with Gasteiger partial charge >= 0.3 is 12.4 Å². The van der Waals surface area contributed by atoms with E-state index in [4.69, 9.17) is 11.6 Å². The predicted molar refractivity (Wildman–Crippen MR) is 78.5 cm³/mol. The Bertz CT molecular complexity index is 949. The minimum absolute atomic E-state index is 0.000772. The molecule has 0 aliphatic heterocycles. The lowest BCUT2D eigenvalue weighted by molar-refractivity contribution is -0.138. The Hall–Kier alpha value is -2.33. The van der Waals surface area contributed by atoms with Crippen molar-refractivity contribution < 1.29 is 31.4 Å². The lowest BCUT2D eigenvalue weighted by Crippen LogP contribution is -2.10. The summed E-state index contributed by atoms with van der Waals surface area (Å²) < 4.78 is 77.4. The molecule has 0 bridgehead atoms. The first-order chi connectivity index (χ1) is 12.0. The number of fused-ring (bicyclic) bond motifs is 1. The molecule has 1 atom stereocenters. The van der Waals surface area contributed by atoms with Crippen LogP contribution in [0, 0.1) is 0 Å². The molecule has 26 heavy (non-hydrogen) atoms. The van der Waals surface area contributed by atoms with Gasteiger partial charge in [-0.25, -0.2) is 0 Å². The fraction of sp³-hybridized carbons (Fsp3) is 0.200. The van der Waals surface area contributed by atoms with Crippen LogP contribution in [0.15, 0.2) is 36.5 Å². The third-order valence-electron chi connectivity index (χ3n) is 3.61. The smallest absolute Gasteiger partial charge is 0.380 e. The van der Waals surface area contributed by atoms with Crippen molar-refractivity contribution in [2.45, 2.75) is 18.5 Å². The molecule has 0 amide bonds. The number of hydrogen-bond acceptors (Lipinski definition) is 3. The highest BCUT2D eigenvalue weighted by molar-refractivity contribution is 6.33. The lowest BCUT2D eigenvalue weighted by atomic mass is 10.1. The quantitative estimate of drug-likeness (QED) is 0.650. The van der Waals surface area contributed by atoms with Crippen LogP contribution in [0.1, 0.15) is 28.6 Å². The molecular weight excluding hydrogens is 388 g/mol. The summed E-state index contributed by atoms with van der Waals surface area (Å²) in [5.41, 5.74) is -2.14. The second-order valence-corrected chi connectivity index (χ2v) is 5.76. The van der Waals surface area contributed by atoms with Gasteiger partial charge in [-0.2, -0.15) is 26.3 Å². The molecule has 0 saturated heterocycles. The van der Waals surface area contributed by atoms with E-state index < -0.39 is 29.6 Å². The molecule has 0 aliphatic rings. The van der Waals surface area contributed by atoms with Crippen LogP contribution in [0.3, 0.4) is 0 Å². The number of alkyl halides is 6. The van der Waals surface area contributed by atoms with Gasteiger partial charge in [-0.1, -0.05) is 23.7 Å². The molecule has 0 saturated carbocycles. The van der Waals surface area contributed by atoms with Gasteiger partial charge < -0.3 is 5.11 Å². The van der Waals surface area contributed by atoms with Crippen molar-refractivity contribution in [2.24, 2.45) is 0 Å². The Morgan fingerprint density at radius 3 is 2.04 bits per heavy atom. The molecule has 2 aromatic heterocycles. The van der Waals surface area contributed by atoms with Gasteiger partial charge in [0.25, 0.3) is 0 Å². The summed E-state index contributed by atoms with van der Waals surface area (Å²) in [7, 11) is 0. The predicted octanol–water partition coefficient (Wildman–Crippen LogP) is 4.50. The molecular formula is C15H8ClF6N3O. The van der Waals surface area contributed by atoms with Gasteiger partial charge in [-0.15, -0.1) is 10.2 Å². The Morgan fingerprint density at radius 1 is 0.923 bits per heavy atom. The molecule has 0 spiro atoms. The highest BCUT2D eigenvalue weighted by Gasteiger charge is 2.33. The van der Waals surface area contributed by atoms with E-state index >= 15 is 0 Å². The topological polar surface area (TPSA) is 50.4 Å². The zero-order valence-electron chi connectivity index (χ0n) is 12.5. The summed E-state index contributed by atoms with van der Waals surface area (Å²) in [6.45, 7) is 0. The molecule has 11 heteroatoms. The number of hydrogen-bond donors (Lipinski definition) is 1. The van der Waals surface area contributed by atoms with E-state index in [1.165, 1.54) is 0 Å². The van der Waals surface area contributed by atoms with Crippen LogP contribution in [-0.2, 0) is 12.4 Å². The highest BCUT2D eigenvalue weighted by atomic mass is 35.5. The van der Waals surface area contributed by atoms with E-state index in [1.807, 2.05) is 0 Å². The number of rotatable bonds is 2. The van der Waals surface area contributed by atoms with Gasteiger partial charge in [0.15, 0.2) is 11.5 Å². The summed E-state index contributed by atoms with van der Waals surface area (Å²) in [5, 5.41) is 17.2. The van der Waals surface area contributed by atoms with Gasteiger partial charge in [-0.05, 0) is 23.8 Å². The van der Waals surface area contributed by atoms with Gasteiger partial charge in [0.1, 0.15) is 6.10 Å². The molecule has 0 radical (unpaired) electrons. The minimum Gasteiger partial charge on any atom is -0.380 e. The molecule has 0 fully saturated rings. The molecule has 0 aliphatic carbocycles. The maximum absolute atomic E-state index is 12.9. The summed E-state index contributed by atoms with van der Waals surface area (Å²) >= 11 is 5.77. The molecule has 4 nitrogen and oxygen atoms in total. The summed E-state index contributed by atoms with van der Waals surface area (Å²) in [4.78, 5) is 0. The number of halogens is 7. The fourth-order valence-corrected chi connectivity index (χ4v) is 2.56. The van der Waals surface area contributed by atoms with Crippen LogP contribution < -0.4 is 0 Å². The Kier molecular flexibility index (Phi) is 4.35. The number of aromatic nitrogens is 3. The van der Waals surface area contributed by atoms with Crippen LogP contribution >= 0.6 is 11.6 Å². The van der Waals surface area contributed by atoms with E-state index in [2.05, 4.69) is 10.2 Å². The van der Waals surface area contributed by atoms with Gasteiger partial charge in [0, 0.05) is 6.20 Å². The minimum atomic E-state index is -4.70. The molecule has 138 valence electrons. The monoisotopic (exact) mass is 395 g/mol. The van der Waals surface area contributed by atoms with Gasteiger partial charge in [0.2, 0.25) is 0 Å². The fourth-order valence-electron chi connectivity index (χ4n) is 2.32. The first-order valence-corrected chi connectivity index (χ1v) is 7.33. The van der Waals surface area contributed by atoms with Crippen molar-refractivity contribution in [1.82, 2.24) is 14.6 Å². The second-order valence-electron chi connectivity index (χ2n) is 5.35. The number of benzene rings is 1. The summed E-state index contributed by atoms with van der Waals surface area (Å²) in [6.07, 6.45) is -10.2. The van der Waals surface area contributed by atoms with E-state index in [1.54, 1.807) is 0 Å². The molecule has 1 aromatic carbocycles. The van der Waals surface area contributed by atoms with Crippen molar-refractivity contribution in [3.8, 4) is 0 Å². The van der Waals surface area contributed by atoms with Crippen LogP contribution in [0.2, 0.25) is 5.02 Å². The number of aliphatic hydroxyl groups is 1. The van der Waals surface area contributed by atoms with Gasteiger partial charge in [-0.3, -0.25) is 4.40 Å².